The number of rotatable bonds is 6. The summed E-state index contributed by atoms with van der Waals surface area (Å²) in [5.41, 5.74) is 8.07. The number of nitrogens with zero attached hydrogens (tertiary/aromatic N) is 4. The molecular weight excluding hydrogens is 455 g/mol. The first-order valence-electron chi connectivity index (χ1n) is 12.8. The molecule has 0 spiro atoms. The van der Waals surface area contributed by atoms with E-state index in [0.717, 1.165) is 55.7 Å². The van der Waals surface area contributed by atoms with Crippen LogP contribution in [0.5, 0.6) is 0 Å². The average molecular weight is 491 g/mol. The van der Waals surface area contributed by atoms with Gasteiger partial charge in [0.2, 0.25) is 0 Å². The molecule has 1 aliphatic heterocycles. The summed E-state index contributed by atoms with van der Waals surface area (Å²) in [6.45, 7) is 4.14. The molecule has 0 radical (unpaired) electrons. The first kappa shape index (κ1) is 25.7. The van der Waals surface area contributed by atoms with Crippen LogP contribution in [0.25, 0.3) is 16.9 Å². The smallest absolute Gasteiger partial charge is 0.149 e. The van der Waals surface area contributed by atoms with Crippen molar-refractivity contribution in [2.45, 2.75) is 32.1 Å². The van der Waals surface area contributed by atoms with Crippen molar-refractivity contribution < 1.29 is 9.13 Å². The van der Waals surface area contributed by atoms with Crippen LogP contribution in [0.4, 0.5) is 15.9 Å². The minimum atomic E-state index is -0.521. The number of nitrogens with one attached hydrogen (secondary N) is 1. The average Bonchev–Trinajstić information content (AvgIpc) is 3.38. The van der Waals surface area contributed by atoms with E-state index in [9.17, 15) is 4.39 Å². The van der Waals surface area contributed by atoms with Crippen LogP contribution >= 0.6 is 0 Å². The molecule has 2 aliphatic rings. The maximum Gasteiger partial charge on any atom is 0.149 e. The third-order valence-electron chi connectivity index (χ3n) is 6.86. The van der Waals surface area contributed by atoms with Crippen molar-refractivity contribution in [1.82, 2.24) is 9.78 Å². The number of benzene rings is 2. The second kappa shape index (κ2) is 12.5. The Bertz CT molecular complexity index is 1160. The number of hydrogen-bond acceptors (Lipinski definition) is 6. The number of aromatic nitrogens is 2. The van der Waals surface area contributed by atoms with Crippen LogP contribution in [-0.2, 0) is 4.74 Å². The molecule has 7 nitrogen and oxygen atoms in total. The van der Waals surface area contributed by atoms with Crippen molar-refractivity contribution in [2.24, 2.45) is 11.7 Å². The molecular formula is C28H35FN6O. The molecule has 1 aliphatic carbocycles. The minimum absolute atomic E-state index is 0.0420. The van der Waals surface area contributed by atoms with Gasteiger partial charge in [-0.25, -0.2) is 9.07 Å². The Morgan fingerprint density at radius 2 is 1.72 bits per heavy atom. The number of nitrogens with two attached hydrogens (primary N) is 1. The lowest BCUT2D eigenvalue weighted by atomic mass is 9.89. The topological polar surface area (TPSA) is 92.1 Å². The van der Waals surface area contributed by atoms with Crippen LogP contribution in [-0.4, -0.2) is 49.7 Å². The van der Waals surface area contributed by atoms with E-state index < -0.39 is 5.82 Å². The molecule has 2 heterocycles. The molecule has 3 aromatic rings. The van der Waals surface area contributed by atoms with Gasteiger partial charge in [-0.15, -0.1) is 5.10 Å². The molecule has 2 aromatic carbocycles. The maximum atomic E-state index is 14.4. The van der Waals surface area contributed by atoms with E-state index in [2.05, 4.69) is 28.1 Å². The highest BCUT2D eigenvalue weighted by Crippen LogP contribution is 2.30. The zero-order valence-electron chi connectivity index (χ0n) is 20.9. The van der Waals surface area contributed by atoms with E-state index in [4.69, 9.17) is 15.1 Å². The molecule has 5 rings (SSSR count). The Labute approximate surface area is 212 Å². The van der Waals surface area contributed by atoms with Gasteiger partial charge in [0.15, 0.2) is 0 Å². The third kappa shape index (κ3) is 6.04. The van der Waals surface area contributed by atoms with Gasteiger partial charge >= 0.3 is 0 Å². The number of ether oxygens (including phenoxy) is 1. The summed E-state index contributed by atoms with van der Waals surface area (Å²) >= 11 is 0. The number of anilines is 2. The van der Waals surface area contributed by atoms with Crippen molar-refractivity contribution in [2.75, 3.05) is 50.1 Å². The van der Waals surface area contributed by atoms with Gasteiger partial charge in [0.1, 0.15) is 17.7 Å². The number of nitriles is 1. The Balaban J connectivity index is 0.00000148. The number of morpholine rings is 1. The largest absolute Gasteiger partial charge is 0.378 e. The molecule has 0 bridgehead atoms. The highest BCUT2D eigenvalue weighted by Gasteiger charge is 2.17. The van der Waals surface area contributed by atoms with Crippen LogP contribution in [0.1, 0.15) is 37.7 Å². The van der Waals surface area contributed by atoms with E-state index in [0.29, 0.717) is 11.5 Å². The van der Waals surface area contributed by atoms with Crippen LogP contribution in [0.2, 0.25) is 0 Å². The highest BCUT2D eigenvalue weighted by molar-refractivity contribution is 5.67. The van der Waals surface area contributed by atoms with Gasteiger partial charge in [-0.2, -0.15) is 5.26 Å². The first-order valence-corrected chi connectivity index (χ1v) is 12.8. The van der Waals surface area contributed by atoms with Crippen molar-refractivity contribution in [1.29, 1.82) is 5.26 Å². The Hall–Kier alpha value is -3.41. The van der Waals surface area contributed by atoms with E-state index in [-0.39, 0.29) is 5.56 Å². The quantitative estimate of drug-likeness (QED) is 0.508. The van der Waals surface area contributed by atoms with Gasteiger partial charge in [0, 0.05) is 37.0 Å². The van der Waals surface area contributed by atoms with E-state index in [1.54, 1.807) is 6.07 Å². The highest BCUT2D eigenvalue weighted by atomic mass is 19.1. The number of halogens is 1. The summed E-state index contributed by atoms with van der Waals surface area (Å²) in [5, 5.41) is 17.5. The SMILES string of the molecule is CN.N#Cc1ccc(-c2cc(NCC3CCCCC3)nn2-c2ccc(N3CCOCC3)cc2)cc1F. The van der Waals surface area contributed by atoms with Gasteiger partial charge in [0.25, 0.3) is 0 Å². The Morgan fingerprint density at radius 3 is 2.39 bits per heavy atom. The summed E-state index contributed by atoms with van der Waals surface area (Å²) in [6, 6.07) is 16.9. The van der Waals surface area contributed by atoms with Gasteiger partial charge in [-0.05, 0) is 62.2 Å². The molecule has 0 atom stereocenters. The summed E-state index contributed by atoms with van der Waals surface area (Å²) in [5.74, 6) is 0.928. The molecule has 36 heavy (non-hydrogen) atoms. The summed E-state index contributed by atoms with van der Waals surface area (Å²) in [6.07, 6.45) is 6.44. The van der Waals surface area contributed by atoms with Crippen molar-refractivity contribution >= 4 is 11.5 Å². The fourth-order valence-corrected chi connectivity index (χ4v) is 4.90. The Morgan fingerprint density at radius 1 is 1.03 bits per heavy atom. The predicted octanol–water partition coefficient (Wildman–Crippen LogP) is 4.95. The van der Waals surface area contributed by atoms with Gasteiger partial charge in [-0.3, -0.25) is 0 Å². The van der Waals surface area contributed by atoms with Crippen LogP contribution < -0.4 is 16.0 Å². The third-order valence-corrected chi connectivity index (χ3v) is 6.86. The lowest BCUT2D eigenvalue weighted by molar-refractivity contribution is 0.122. The predicted molar refractivity (Wildman–Crippen MR) is 142 cm³/mol. The summed E-state index contributed by atoms with van der Waals surface area (Å²) in [7, 11) is 1.50. The second-order valence-corrected chi connectivity index (χ2v) is 9.13. The number of hydrogen-bond donors (Lipinski definition) is 2. The van der Waals surface area contributed by atoms with Crippen molar-refractivity contribution in [3.8, 4) is 23.0 Å². The summed E-state index contributed by atoms with van der Waals surface area (Å²) < 4.78 is 21.8. The molecule has 1 aromatic heterocycles. The minimum Gasteiger partial charge on any atom is -0.378 e. The zero-order chi connectivity index (χ0) is 25.3. The van der Waals surface area contributed by atoms with Gasteiger partial charge < -0.3 is 20.7 Å². The van der Waals surface area contributed by atoms with E-state index >= 15 is 0 Å². The molecule has 0 unspecified atom stereocenters. The normalized spacial score (nSPS) is 16.1. The van der Waals surface area contributed by atoms with Crippen LogP contribution in [0, 0.1) is 23.1 Å². The van der Waals surface area contributed by atoms with Gasteiger partial charge in [0.05, 0.1) is 30.2 Å². The summed E-state index contributed by atoms with van der Waals surface area (Å²) in [4.78, 5) is 2.31. The van der Waals surface area contributed by atoms with Crippen LogP contribution in [0.3, 0.4) is 0 Å². The molecule has 3 N–H and O–H groups in total. The molecule has 1 saturated heterocycles. The lowest BCUT2D eigenvalue weighted by Gasteiger charge is -2.28. The molecule has 0 amide bonds. The molecule has 190 valence electrons. The standard InChI is InChI=1S/C27H30FN5O.CH5N/c28-25-16-21(6-7-22(25)18-29)26-17-27(30-19-20-4-2-1-3-5-20)31-33(26)24-10-8-23(9-11-24)32-12-14-34-15-13-32;1-2/h6-11,16-17,20H,1-5,12-15,19H2,(H,30,31);2H2,1H3. The maximum absolute atomic E-state index is 14.4. The Kier molecular flexibility index (Phi) is 8.93. The second-order valence-electron chi connectivity index (χ2n) is 9.13. The lowest BCUT2D eigenvalue weighted by Crippen LogP contribution is -2.36. The zero-order valence-corrected chi connectivity index (χ0v) is 20.9. The van der Waals surface area contributed by atoms with Gasteiger partial charge in [-0.1, -0.05) is 25.3 Å². The van der Waals surface area contributed by atoms with Crippen LogP contribution in [0.15, 0.2) is 48.5 Å². The van der Waals surface area contributed by atoms with E-state index in [1.165, 1.54) is 51.3 Å². The first-order chi connectivity index (χ1) is 17.7. The fourth-order valence-electron chi connectivity index (χ4n) is 4.90. The molecule has 8 heteroatoms. The molecule has 1 saturated carbocycles. The fraction of sp³-hybridized carbons (Fsp3) is 0.429. The van der Waals surface area contributed by atoms with Crippen molar-refractivity contribution in [3.05, 3.63) is 59.9 Å². The molecule has 2 fully saturated rings. The van der Waals surface area contributed by atoms with E-state index in [1.807, 2.05) is 29.0 Å². The van der Waals surface area contributed by atoms with Crippen molar-refractivity contribution in [3.63, 3.8) is 0 Å². The monoisotopic (exact) mass is 490 g/mol.